The lowest BCUT2D eigenvalue weighted by Gasteiger charge is -2.12. The molecule has 0 bridgehead atoms. The van der Waals surface area contributed by atoms with E-state index in [0.29, 0.717) is 17.1 Å². The number of aromatic nitrogens is 2. The first-order valence-electron chi connectivity index (χ1n) is 7.45. The summed E-state index contributed by atoms with van der Waals surface area (Å²) in [7, 11) is -3.70. The van der Waals surface area contributed by atoms with Crippen LogP contribution in [-0.2, 0) is 10.0 Å². The lowest BCUT2D eigenvalue weighted by Crippen LogP contribution is -2.15. The van der Waals surface area contributed by atoms with Gasteiger partial charge in [0, 0.05) is 11.9 Å². The molecule has 3 aromatic rings. The number of hydrogen-bond acceptors (Lipinski definition) is 4. The van der Waals surface area contributed by atoms with Gasteiger partial charge in [0.25, 0.3) is 15.9 Å². The van der Waals surface area contributed by atoms with E-state index in [1.165, 1.54) is 18.3 Å². The monoisotopic (exact) mass is 356 g/mol. The van der Waals surface area contributed by atoms with Crippen molar-refractivity contribution in [3.8, 4) is 0 Å². The first-order chi connectivity index (χ1) is 12.0. The highest BCUT2D eigenvalue weighted by Gasteiger charge is 2.15. The molecule has 0 saturated carbocycles. The third kappa shape index (κ3) is 3.86. The molecule has 3 N–H and O–H groups in total. The van der Waals surface area contributed by atoms with Crippen molar-refractivity contribution in [2.45, 2.75) is 11.8 Å². The molecule has 0 aliphatic rings. The molecule has 2 aromatic carbocycles. The number of nitrogens with one attached hydrogen (secondary N) is 3. The number of carbonyl (C=O) groups is 1. The van der Waals surface area contributed by atoms with Gasteiger partial charge < -0.3 is 5.32 Å². The molecule has 0 unspecified atom stereocenters. The molecule has 1 aromatic heterocycles. The van der Waals surface area contributed by atoms with Crippen LogP contribution in [0.2, 0.25) is 0 Å². The Morgan fingerprint density at radius 3 is 2.52 bits per heavy atom. The molecule has 0 radical (unpaired) electrons. The average molecular weight is 356 g/mol. The first kappa shape index (κ1) is 16.7. The van der Waals surface area contributed by atoms with Gasteiger partial charge in [0.2, 0.25) is 0 Å². The highest BCUT2D eigenvalue weighted by atomic mass is 32.2. The van der Waals surface area contributed by atoms with E-state index < -0.39 is 10.0 Å². The van der Waals surface area contributed by atoms with Gasteiger partial charge in [0.1, 0.15) is 5.69 Å². The molecule has 1 amide bonds. The Hall–Kier alpha value is -3.13. The van der Waals surface area contributed by atoms with E-state index in [1.807, 2.05) is 0 Å². The normalized spacial score (nSPS) is 11.1. The molecule has 0 atom stereocenters. The Balaban J connectivity index is 1.84. The van der Waals surface area contributed by atoms with Crippen LogP contribution in [0.15, 0.2) is 65.7 Å². The number of benzene rings is 2. The first-order valence-corrected chi connectivity index (χ1v) is 8.93. The number of carbonyl (C=O) groups excluding carboxylic acids is 1. The minimum absolute atomic E-state index is 0.168. The van der Waals surface area contributed by atoms with Crippen LogP contribution in [-0.4, -0.2) is 24.5 Å². The molecular weight excluding hydrogens is 340 g/mol. The van der Waals surface area contributed by atoms with E-state index in [-0.39, 0.29) is 10.8 Å². The molecule has 25 heavy (non-hydrogen) atoms. The molecule has 128 valence electrons. The largest absolute Gasteiger partial charge is 0.321 e. The van der Waals surface area contributed by atoms with E-state index >= 15 is 0 Å². The second-order valence-corrected chi connectivity index (χ2v) is 7.06. The van der Waals surface area contributed by atoms with Crippen LogP contribution >= 0.6 is 0 Å². The number of aromatic amines is 1. The van der Waals surface area contributed by atoms with Gasteiger partial charge in [-0.25, -0.2) is 8.42 Å². The Morgan fingerprint density at radius 1 is 1.08 bits per heavy atom. The standard InChI is InChI=1S/C17H16N4O3S/c1-12-7-8-13(19-17(22)15-9-10-18-20-15)11-16(12)21-25(23,24)14-5-3-2-4-6-14/h2-11,21H,1H3,(H,18,20)(H,19,22). The minimum Gasteiger partial charge on any atom is -0.321 e. The predicted octanol–water partition coefficient (Wildman–Crippen LogP) is 2.77. The third-order valence-electron chi connectivity index (χ3n) is 3.54. The summed E-state index contributed by atoms with van der Waals surface area (Å²) in [6.45, 7) is 1.78. The van der Waals surface area contributed by atoms with Gasteiger partial charge in [-0.1, -0.05) is 24.3 Å². The van der Waals surface area contributed by atoms with Gasteiger partial charge in [-0.05, 0) is 42.8 Å². The summed E-state index contributed by atoms with van der Waals surface area (Å²) in [6, 6.07) is 14.6. The topological polar surface area (TPSA) is 104 Å². The number of anilines is 2. The van der Waals surface area contributed by atoms with Crippen LogP contribution in [0.4, 0.5) is 11.4 Å². The van der Waals surface area contributed by atoms with E-state index in [2.05, 4.69) is 20.2 Å². The van der Waals surface area contributed by atoms with Crippen LogP contribution in [0, 0.1) is 6.92 Å². The van der Waals surface area contributed by atoms with Crippen LogP contribution in [0.1, 0.15) is 16.1 Å². The van der Waals surface area contributed by atoms with Crippen molar-refractivity contribution in [1.82, 2.24) is 10.2 Å². The summed E-state index contributed by atoms with van der Waals surface area (Å²) in [5, 5.41) is 8.98. The van der Waals surface area contributed by atoms with Crippen molar-refractivity contribution in [3.63, 3.8) is 0 Å². The highest BCUT2D eigenvalue weighted by Crippen LogP contribution is 2.23. The number of amides is 1. The maximum absolute atomic E-state index is 12.5. The summed E-state index contributed by atoms with van der Waals surface area (Å²) >= 11 is 0. The van der Waals surface area contributed by atoms with Gasteiger partial charge in [0.05, 0.1) is 10.6 Å². The zero-order valence-electron chi connectivity index (χ0n) is 13.4. The molecule has 0 saturated heterocycles. The van der Waals surface area contributed by atoms with Crippen LogP contribution in [0.3, 0.4) is 0 Å². The van der Waals surface area contributed by atoms with E-state index in [4.69, 9.17) is 0 Å². The Morgan fingerprint density at radius 2 is 1.84 bits per heavy atom. The minimum atomic E-state index is -3.70. The van der Waals surface area contributed by atoms with Crippen molar-refractivity contribution in [2.75, 3.05) is 10.0 Å². The number of rotatable bonds is 5. The Bertz CT molecular complexity index is 984. The van der Waals surface area contributed by atoms with E-state index in [1.54, 1.807) is 49.4 Å². The summed E-state index contributed by atoms with van der Waals surface area (Å²) < 4.78 is 27.5. The third-order valence-corrected chi connectivity index (χ3v) is 4.92. The van der Waals surface area contributed by atoms with Gasteiger partial charge in [0.15, 0.2) is 0 Å². The molecule has 7 nitrogen and oxygen atoms in total. The van der Waals surface area contributed by atoms with Gasteiger partial charge in [-0.3, -0.25) is 14.6 Å². The van der Waals surface area contributed by atoms with Crippen molar-refractivity contribution in [2.24, 2.45) is 0 Å². The van der Waals surface area contributed by atoms with E-state index in [9.17, 15) is 13.2 Å². The zero-order chi connectivity index (χ0) is 17.9. The fourth-order valence-electron chi connectivity index (χ4n) is 2.19. The molecule has 3 rings (SSSR count). The van der Waals surface area contributed by atoms with Gasteiger partial charge in [-0.2, -0.15) is 5.10 Å². The molecule has 0 fully saturated rings. The van der Waals surface area contributed by atoms with Crippen molar-refractivity contribution in [3.05, 3.63) is 72.1 Å². The maximum Gasteiger partial charge on any atom is 0.273 e. The number of H-pyrrole nitrogens is 1. The fraction of sp³-hybridized carbons (Fsp3) is 0.0588. The van der Waals surface area contributed by atoms with E-state index in [0.717, 1.165) is 5.56 Å². The van der Waals surface area contributed by atoms with Crippen LogP contribution < -0.4 is 10.0 Å². The Kier molecular flexibility index (Phi) is 4.53. The average Bonchev–Trinajstić information content (AvgIpc) is 3.13. The maximum atomic E-state index is 12.5. The van der Waals surface area contributed by atoms with Gasteiger partial charge in [-0.15, -0.1) is 0 Å². The molecule has 0 aliphatic carbocycles. The highest BCUT2D eigenvalue weighted by molar-refractivity contribution is 7.92. The fourth-order valence-corrected chi connectivity index (χ4v) is 3.34. The molecular formula is C17H16N4O3S. The smallest absolute Gasteiger partial charge is 0.273 e. The Labute approximate surface area is 145 Å². The lowest BCUT2D eigenvalue weighted by molar-refractivity contribution is 0.102. The van der Waals surface area contributed by atoms with Crippen LogP contribution in [0.25, 0.3) is 0 Å². The van der Waals surface area contributed by atoms with Crippen molar-refractivity contribution < 1.29 is 13.2 Å². The summed E-state index contributed by atoms with van der Waals surface area (Å²) in [5.74, 6) is -0.363. The van der Waals surface area contributed by atoms with Gasteiger partial charge >= 0.3 is 0 Å². The van der Waals surface area contributed by atoms with Crippen molar-refractivity contribution >= 4 is 27.3 Å². The number of nitrogens with zero attached hydrogens (tertiary/aromatic N) is 1. The SMILES string of the molecule is Cc1ccc(NC(=O)c2ccn[nH]2)cc1NS(=O)(=O)c1ccccc1. The lowest BCUT2D eigenvalue weighted by atomic mass is 10.2. The summed E-state index contributed by atoms with van der Waals surface area (Å²) in [5.41, 5.74) is 1.91. The summed E-state index contributed by atoms with van der Waals surface area (Å²) in [6.07, 6.45) is 1.48. The molecule has 0 aliphatic heterocycles. The predicted molar refractivity (Wildman–Crippen MR) is 95.0 cm³/mol. The van der Waals surface area contributed by atoms with Crippen LogP contribution in [0.5, 0.6) is 0 Å². The molecule has 8 heteroatoms. The quantitative estimate of drug-likeness (QED) is 0.654. The number of sulfonamides is 1. The number of hydrogen-bond donors (Lipinski definition) is 3. The van der Waals surface area contributed by atoms with Crippen molar-refractivity contribution in [1.29, 1.82) is 0 Å². The second kappa shape index (κ2) is 6.78. The number of aryl methyl sites for hydroxylation is 1. The zero-order valence-corrected chi connectivity index (χ0v) is 14.2. The molecule has 0 spiro atoms. The molecule has 1 heterocycles. The second-order valence-electron chi connectivity index (χ2n) is 5.37. The summed E-state index contributed by atoms with van der Waals surface area (Å²) in [4.78, 5) is 12.2.